The van der Waals surface area contributed by atoms with E-state index in [1.807, 2.05) is 0 Å². The third-order valence-corrected chi connectivity index (χ3v) is 3.09. The third kappa shape index (κ3) is 4.09. The zero-order valence-corrected chi connectivity index (χ0v) is 9.31. The maximum atomic E-state index is 11.0. The number of carbonyl (C=O) groups is 1. The Morgan fingerprint density at radius 1 is 1.29 bits per heavy atom. The lowest BCUT2D eigenvalue weighted by Crippen LogP contribution is -2.37. The molecule has 0 bridgehead atoms. The second-order valence-electron chi connectivity index (χ2n) is 4.36. The Balaban J connectivity index is 2.20. The van der Waals surface area contributed by atoms with Gasteiger partial charge in [0.05, 0.1) is 6.54 Å². The predicted molar refractivity (Wildman–Crippen MR) is 58.1 cm³/mol. The SMILES string of the molecule is CNC(=O)CNC1CCCC(C)CC1. The van der Waals surface area contributed by atoms with E-state index in [-0.39, 0.29) is 5.91 Å². The summed E-state index contributed by atoms with van der Waals surface area (Å²) in [6, 6.07) is 0.553. The molecule has 0 saturated heterocycles. The van der Waals surface area contributed by atoms with Gasteiger partial charge in [0.15, 0.2) is 0 Å². The molecule has 1 rings (SSSR count). The van der Waals surface area contributed by atoms with Crippen LogP contribution in [0.4, 0.5) is 0 Å². The van der Waals surface area contributed by atoms with E-state index >= 15 is 0 Å². The molecule has 0 heterocycles. The molecule has 0 aliphatic heterocycles. The Labute approximate surface area is 86.6 Å². The maximum absolute atomic E-state index is 11.0. The van der Waals surface area contributed by atoms with Crippen LogP contribution < -0.4 is 10.6 Å². The summed E-state index contributed by atoms with van der Waals surface area (Å²) in [7, 11) is 1.68. The largest absolute Gasteiger partial charge is 0.358 e. The molecule has 3 nitrogen and oxygen atoms in total. The molecule has 2 atom stereocenters. The fourth-order valence-electron chi connectivity index (χ4n) is 2.02. The second kappa shape index (κ2) is 6.02. The molecule has 1 aliphatic carbocycles. The van der Waals surface area contributed by atoms with Crippen molar-refractivity contribution < 1.29 is 4.79 Å². The van der Waals surface area contributed by atoms with Gasteiger partial charge < -0.3 is 10.6 Å². The minimum Gasteiger partial charge on any atom is -0.358 e. The van der Waals surface area contributed by atoms with Crippen LogP contribution in [0.3, 0.4) is 0 Å². The van der Waals surface area contributed by atoms with Crippen LogP contribution in [0.5, 0.6) is 0 Å². The molecule has 0 aromatic rings. The molecule has 2 N–H and O–H groups in total. The van der Waals surface area contributed by atoms with Crippen molar-refractivity contribution in [2.24, 2.45) is 5.92 Å². The molecule has 2 unspecified atom stereocenters. The number of amides is 1. The van der Waals surface area contributed by atoms with Crippen LogP contribution in [0, 0.1) is 5.92 Å². The van der Waals surface area contributed by atoms with Gasteiger partial charge in [0.2, 0.25) is 5.91 Å². The zero-order valence-electron chi connectivity index (χ0n) is 9.31. The molecule has 14 heavy (non-hydrogen) atoms. The number of rotatable bonds is 3. The lowest BCUT2D eigenvalue weighted by Gasteiger charge is -2.15. The van der Waals surface area contributed by atoms with Crippen molar-refractivity contribution in [3.05, 3.63) is 0 Å². The highest BCUT2D eigenvalue weighted by Crippen LogP contribution is 2.22. The van der Waals surface area contributed by atoms with Crippen LogP contribution in [0.2, 0.25) is 0 Å². The maximum Gasteiger partial charge on any atom is 0.233 e. The molecule has 1 saturated carbocycles. The van der Waals surface area contributed by atoms with Crippen molar-refractivity contribution in [3.8, 4) is 0 Å². The molecule has 0 radical (unpaired) electrons. The van der Waals surface area contributed by atoms with E-state index < -0.39 is 0 Å². The number of hydrogen-bond donors (Lipinski definition) is 2. The fourth-order valence-corrected chi connectivity index (χ4v) is 2.02. The summed E-state index contributed by atoms with van der Waals surface area (Å²) in [5.41, 5.74) is 0. The first-order chi connectivity index (χ1) is 6.72. The van der Waals surface area contributed by atoms with Crippen molar-refractivity contribution in [3.63, 3.8) is 0 Å². The first-order valence-electron chi connectivity index (χ1n) is 5.66. The van der Waals surface area contributed by atoms with Crippen LogP contribution in [-0.2, 0) is 4.79 Å². The smallest absolute Gasteiger partial charge is 0.233 e. The lowest BCUT2D eigenvalue weighted by atomic mass is 10.0. The number of likely N-dealkylation sites (N-methyl/N-ethyl adjacent to an activating group) is 1. The summed E-state index contributed by atoms with van der Waals surface area (Å²) in [4.78, 5) is 11.0. The molecule has 82 valence electrons. The van der Waals surface area contributed by atoms with E-state index in [0.717, 1.165) is 5.92 Å². The van der Waals surface area contributed by atoms with Gasteiger partial charge in [-0.05, 0) is 25.2 Å². The predicted octanol–water partition coefficient (Wildman–Crippen LogP) is 1.29. The van der Waals surface area contributed by atoms with E-state index in [4.69, 9.17) is 0 Å². The number of carbonyl (C=O) groups excluding carboxylic acids is 1. The van der Waals surface area contributed by atoms with E-state index in [9.17, 15) is 4.79 Å². The van der Waals surface area contributed by atoms with E-state index in [1.54, 1.807) is 7.05 Å². The van der Waals surface area contributed by atoms with Crippen LogP contribution >= 0.6 is 0 Å². The fraction of sp³-hybridized carbons (Fsp3) is 0.909. The average molecular weight is 198 g/mol. The molecule has 1 amide bonds. The van der Waals surface area contributed by atoms with Crippen LogP contribution in [-0.4, -0.2) is 25.5 Å². The van der Waals surface area contributed by atoms with Gasteiger partial charge in [0, 0.05) is 13.1 Å². The highest BCUT2D eigenvalue weighted by atomic mass is 16.1. The quantitative estimate of drug-likeness (QED) is 0.671. The van der Waals surface area contributed by atoms with Crippen LogP contribution in [0.15, 0.2) is 0 Å². The minimum absolute atomic E-state index is 0.0855. The summed E-state index contributed by atoms with van der Waals surface area (Å²) in [5.74, 6) is 0.948. The Morgan fingerprint density at radius 2 is 2.07 bits per heavy atom. The summed E-state index contributed by atoms with van der Waals surface area (Å²) in [5, 5.41) is 5.95. The molecule has 1 fully saturated rings. The van der Waals surface area contributed by atoms with Gasteiger partial charge in [-0.2, -0.15) is 0 Å². The minimum atomic E-state index is 0.0855. The topological polar surface area (TPSA) is 41.1 Å². The van der Waals surface area contributed by atoms with Gasteiger partial charge in [-0.15, -0.1) is 0 Å². The van der Waals surface area contributed by atoms with Crippen LogP contribution in [0.25, 0.3) is 0 Å². The summed E-state index contributed by atoms with van der Waals surface area (Å²) >= 11 is 0. The van der Waals surface area contributed by atoms with Gasteiger partial charge in [-0.1, -0.05) is 19.8 Å². The Kier molecular flexibility index (Phi) is 4.94. The first kappa shape index (κ1) is 11.5. The van der Waals surface area contributed by atoms with Gasteiger partial charge in [0.25, 0.3) is 0 Å². The van der Waals surface area contributed by atoms with Crippen molar-refractivity contribution in [1.82, 2.24) is 10.6 Å². The van der Waals surface area contributed by atoms with Gasteiger partial charge in [-0.3, -0.25) is 4.79 Å². The van der Waals surface area contributed by atoms with Crippen molar-refractivity contribution in [2.75, 3.05) is 13.6 Å². The molecule has 1 aliphatic rings. The van der Waals surface area contributed by atoms with Gasteiger partial charge in [0.1, 0.15) is 0 Å². The highest BCUT2D eigenvalue weighted by Gasteiger charge is 2.15. The number of nitrogens with one attached hydrogen (secondary N) is 2. The molecular weight excluding hydrogens is 176 g/mol. The summed E-state index contributed by atoms with van der Waals surface area (Å²) in [6.45, 7) is 2.79. The molecule has 0 aromatic carbocycles. The van der Waals surface area contributed by atoms with E-state index in [1.165, 1.54) is 32.1 Å². The second-order valence-corrected chi connectivity index (χ2v) is 4.36. The molecular formula is C11H22N2O. The van der Waals surface area contributed by atoms with Gasteiger partial charge in [-0.25, -0.2) is 0 Å². The Morgan fingerprint density at radius 3 is 2.79 bits per heavy atom. The monoisotopic (exact) mass is 198 g/mol. The third-order valence-electron chi connectivity index (χ3n) is 3.09. The van der Waals surface area contributed by atoms with Crippen LogP contribution in [0.1, 0.15) is 39.0 Å². The normalized spacial score (nSPS) is 28.1. The first-order valence-corrected chi connectivity index (χ1v) is 5.66. The van der Waals surface area contributed by atoms with Crippen molar-refractivity contribution >= 4 is 5.91 Å². The summed E-state index contributed by atoms with van der Waals surface area (Å²) < 4.78 is 0. The highest BCUT2D eigenvalue weighted by molar-refractivity contribution is 5.77. The summed E-state index contributed by atoms with van der Waals surface area (Å²) in [6.07, 6.45) is 6.38. The zero-order chi connectivity index (χ0) is 10.4. The Hall–Kier alpha value is -0.570. The van der Waals surface area contributed by atoms with E-state index in [0.29, 0.717) is 12.6 Å². The van der Waals surface area contributed by atoms with E-state index in [2.05, 4.69) is 17.6 Å². The Bertz CT molecular complexity index is 182. The van der Waals surface area contributed by atoms with Gasteiger partial charge >= 0.3 is 0 Å². The molecule has 0 aromatic heterocycles. The molecule has 0 spiro atoms. The standard InChI is InChI=1S/C11H22N2O/c1-9-4-3-5-10(7-6-9)13-8-11(14)12-2/h9-10,13H,3-8H2,1-2H3,(H,12,14). The average Bonchev–Trinajstić information content (AvgIpc) is 2.39. The van der Waals surface area contributed by atoms with Crippen molar-refractivity contribution in [2.45, 2.75) is 45.1 Å². The lowest BCUT2D eigenvalue weighted by molar-refractivity contribution is -0.119. The molecule has 3 heteroatoms. The number of hydrogen-bond acceptors (Lipinski definition) is 2. The van der Waals surface area contributed by atoms with Crippen molar-refractivity contribution in [1.29, 1.82) is 0 Å².